The lowest BCUT2D eigenvalue weighted by Gasteiger charge is -2.32. The van der Waals surface area contributed by atoms with E-state index in [1.54, 1.807) is 6.92 Å². The smallest absolute Gasteiger partial charge is 0.344 e. The van der Waals surface area contributed by atoms with Gasteiger partial charge in [0.15, 0.2) is 12.7 Å². The van der Waals surface area contributed by atoms with Crippen molar-refractivity contribution in [2.75, 3.05) is 6.61 Å². The second kappa shape index (κ2) is 6.45. The van der Waals surface area contributed by atoms with Gasteiger partial charge in [0.25, 0.3) is 0 Å². The molecule has 2 aliphatic heterocycles. The lowest BCUT2D eigenvalue weighted by Crippen LogP contribution is -2.48. The molecule has 0 N–H and O–H groups in total. The molecule has 124 valence electrons. The van der Waals surface area contributed by atoms with Crippen LogP contribution in [0.3, 0.4) is 0 Å². The van der Waals surface area contributed by atoms with Gasteiger partial charge in [-0.25, -0.2) is 13.8 Å². The molecule has 2 bridgehead atoms. The lowest BCUT2D eigenvalue weighted by atomic mass is 9.85. The molecular weight excluding hydrogens is 316 g/mol. The Morgan fingerprint density at radius 1 is 1.50 bits per heavy atom. The normalized spacial score (nSPS) is 34.2. The largest absolute Gasteiger partial charge is 0.750 e. The molecule has 5 atom stereocenters. The number of esters is 2. The molecule has 0 aromatic heterocycles. The number of fused-ring (bicyclic) bond motifs is 2. The van der Waals surface area contributed by atoms with Crippen molar-refractivity contribution in [3.05, 3.63) is 12.2 Å². The van der Waals surface area contributed by atoms with Crippen molar-refractivity contribution in [2.45, 2.75) is 50.6 Å². The topological polar surface area (TPSA) is 111 Å². The van der Waals surface area contributed by atoms with Crippen molar-refractivity contribution in [3.8, 4) is 0 Å². The van der Waals surface area contributed by atoms with Crippen LogP contribution in [-0.2, 0) is 39.3 Å². The van der Waals surface area contributed by atoms with Crippen molar-refractivity contribution in [3.63, 3.8) is 0 Å². The van der Waals surface area contributed by atoms with Crippen LogP contribution in [0.1, 0.15) is 26.7 Å². The highest BCUT2D eigenvalue weighted by atomic mass is 32.2. The minimum Gasteiger partial charge on any atom is -0.750 e. The first-order valence-corrected chi connectivity index (χ1v) is 7.69. The van der Waals surface area contributed by atoms with E-state index in [4.69, 9.17) is 13.7 Å². The summed E-state index contributed by atoms with van der Waals surface area (Å²) in [6.45, 7) is 5.96. The van der Waals surface area contributed by atoms with E-state index in [2.05, 4.69) is 11.3 Å². The minimum atomic E-state index is -2.75. The van der Waals surface area contributed by atoms with Gasteiger partial charge in [0, 0.05) is 5.57 Å². The Bertz CT molecular complexity index is 518. The standard InChI is InChI=1S/C13H18O8S/c1-7(2)12(15)18-6-9(14)19-10-8-4-5-13(3,20-8)11(10)21-22(16)17/h8,10-11H,1,4-6H2,2-3H3,(H,16,17)/p-1. The molecule has 0 aromatic carbocycles. The van der Waals surface area contributed by atoms with E-state index in [1.165, 1.54) is 6.92 Å². The first-order chi connectivity index (χ1) is 10.2. The molecule has 0 radical (unpaired) electrons. The number of carbonyl (C=O) groups is 2. The van der Waals surface area contributed by atoms with E-state index >= 15 is 0 Å². The quantitative estimate of drug-likeness (QED) is 0.383. The Morgan fingerprint density at radius 3 is 2.77 bits per heavy atom. The molecule has 9 heteroatoms. The van der Waals surface area contributed by atoms with Crippen molar-refractivity contribution >= 4 is 23.3 Å². The molecule has 0 aliphatic carbocycles. The molecule has 8 nitrogen and oxygen atoms in total. The highest BCUT2D eigenvalue weighted by Gasteiger charge is 2.60. The summed E-state index contributed by atoms with van der Waals surface area (Å²) in [5.74, 6) is -1.51. The predicted octanol–water partition coefficient (Wildman–Crippen LogP) is 0.148. The van der Waals surface area contributed by atoms with Crippen LogP contribution in [0.2, 0.25) is 0 Å². The molecule has 0 spiro atoms. The summed E-state index contributed by atoms with van der Waals surface area (Å²) in [5.41, 5.74) is -0.657. The highest BCUT2D eigenvalue weighted by Crippen LogP contribution is 2.46. The maximum atomic E-state index is 11.7. The van der Waals surface area contributed by atoms with E-state index in [1.807, 2.05) is 0 Å². The second-order valence-electron chi connectivity index (χ2n) is 5.54. The van der Waals surface area contributed by atoms with Gasteiger partial charge in [0.2, 0.25) is 0 Å². The van der Waals surface area contributed by atoms with Crippen molar-refractivity contribution < 1.29 is 36.7 Å². The third kappa shape index (κ3) is 3.54. The van der Waals surface area contributed by atoms with Crippen LogP contribution in [0, 0.1) is 0 Å². The summed E-state index contributed by atoms with van der Waals surface area (Å²) in [7, 11) is 0. The Morgan fingerprint density at radius 2 is 2.18 bits per heavy atom. The summed E-state index contributed by atoms with van der Waals surface area (Å²) in [6, 6.07) is 0. The molecule has 22 heavy (non-hydrogen) atoms. The van der Waals surface area contributed by atoms with E-state index < -0.39 is 53.8 Å². The number of carbonyl (C=O) groups excluding carboxylic acids is 2. The second-order valence-corrected chi connectivity index (χ2v) is 6.14. The summed E-state index contributed by atoms with van der Waals surface area (Å²) >= 11 is -2.75. The summed E-state index contributed by atoms with van der Waals surface area (Å²) in [4.78, 5) is 23.0. The van der Waals surface area contributed by atoms with Gasteiger partial charge in [-0.05, 0) is 26.7 Å². The number of hydrogen-bond acceptors (Lipinski definition) is 8. The average molecular weight is 333 g/mol. The zero-order valence-corrected chi connectivity index (χ0v) is 13.1. The fourth-order valence-electron chi connectivity index (χ4n) is 2.69. The average Bonchev–Trinajstić information content (AvgIpc) is 2.92. The number of ether oxygens (including phenoxy) is 3. The molecular formula is C13H17O8S-. The maximum Gasteiger partial charge on any atom is 0.344 e. The molecule has 2 fully saturated rings. The third-order valence-corrected chi connectivity index (χ3v) is 4.10. The van der Waals surface area contributed by atoms with Gasteiger partial charge in [0.05, 0.1) is 23.1 Å². The maximum absolute atomic E-state index is 11.7. The molecule has 2 rings (SSSR count). The Kier molecular flexibility index (Phi) is 5.00. The molecule has 0 amide bonds. The van der Waals surface area contributed by atoms with Gasteiger partial charge >= 0.3 is 11.9 Å². The lowest BCUT2D eigenvalue weighted by molar-refractivity contribution is -0.165. The molecule has 2 aliphatic rings. The van der Waals surface area contributed by atoms with Crippen LogP contribution in [-0.4, -0.2) is 51.2 Å². The molecule has 2 saturated heterocycles. The first-order valence-electron chi connectivity index (χ1n) is 6.69. The third-order valence-electron chi connectivity index (χ3n) is 3.73. The fourth-order valence-corrected chi connectivity index (χ4v) is 3.17. The number of rotatable bonds is 6. The van der Waals surface area contributed by atoms with E-state index in [0.717, 1.165) is 0 Å². The van der Waals surface area contributed by atoms with Gasteiger partial charge in [0.1, 0.15) is 6.10 Å². The molecule has 2 heterocycles. The summed E-state index contributed by atoms with van der Waals surface area (Å²) in [6.07, 6.45) is -0.957. The van der Waals surface area contributed by atoms with Gasteiger partial charge in [-0.3, -0.25) is 4.18 Å². The fraction of sp³-hybridized carbons (Fsp3) is 0.692. The van der Waals surface area contributed by atoms with Crippen LogP contribution in [0.15, 0.2) is 12.2 Å². The molecule has 5 unspecified atom stereocenters. The van der Waals surface area contributed by atoms with Crippen LogP contribution >= 0.6 is 0 Å². The van der Waals surface area contributed by atoms with Crippen molar-refractivity contribution in [2.24, 2.45) is 0 Å². The molecule has 0 aromatic rings. The zero-order chi connectivity index (χ0) is 16.5. The van der Waals surface area contributed by atoms with E-state index in [9.17, 15) is 18.4 Å². The Hall–Kier alpha value is -1.29. The van der Waals surface area contributed by atoms with Crippen LogP contribution in [0.4, 0.5) is 0 Å². The molecule has 0 saturated carbocycles. The summed E-state index contributed by atoms with van der Waals surface area (Å²) < 4.78 is 41.9. The zero-order valence-electron chi connectivity index (χ0n) is 12.2. The van der Waals surface area contributed by atoms with Crippen LogP contribution in [0.5, 0.6) is 0 Å². The minimum absolute atomic E-state index is 0.159. The Balaban J connectivity index is 1.95. The van der Waals surface area contributed by atoms with Crippen molar-refractivity contribution in [1.29, 1.82) is 0 Å². The van der Waals surface area contributed by atoms with Crippen LogP contribution in [0.25, 0.3) is 0 Å². The van der Waals surface area contributed by atoms with Gasteiger partial charge < -0.3 is 18.8 Å². The van der Waals surface area contributed by atoms with Gasteiger partial charge in [-0.1, -0.05) is 6.58 Å². The highest BCUT2D eigenvalue weighted by molar-refractivity contribution is 7.74. The van der Waals surface area contributed by atoms with Crippen LogP contribution < -0.4 is 0 Å². The first kappa shape index (κ1) is 17.1. The van der Waals surface area contributed by atoms with Crippen molar-refractivity contribution in [1.82, 2.24) is 0 Å². The monoisotopic (exact) mass is 333 g/mol. The van der Waals surface area contributed by atoms with E-state index in [-0.39, 0.29) is 5.57 Å². The van der Waals surface area contributed by atoms with Gasteiger partial charge in [-0.15, -0.1) is 0 Å². The Labute approximate surface area is 130 Å². The predicted molar refractivity (Wildman–Crippen MR) is 72.0 cm³/mol. The number of hydrogen-bond donors (Lipinski definition) is 0. The summed E-state index contributed by atoms with van der Waals surface area (Å²) in [5, 5.41) is 0. The van der Waals surface area contributed by atoms with E-state index in [0.29, 0.717) is 12.8 Å². The van der Waals surface area contributed by atoms with Gasteiger partial charge in [-0.2, -0.15) is 0 Å². The SMILES string of the molecule is C=C(C)C(=O)OCC(=O)OC1C2CCC(C)(O2)C1OS(=O)[O-].